The molecule has 0 aliphatic heterocycles. The van der Waals surface area contributed by atoms with E-state index in [4.69, 9.17) is 10.2 Å². The van der Waals surface area contributed by atoms with Gasteiger partial charge in [0.25, 0.3) is 0 Å². The molecule has 2 N–H and O–H groups in total. The Morgan fingerprint density at radius 2 is 1.85 bits per heavy atom. The van der Waals surface area contributed by atoms with Crippen molar-refractivity contribution >= 4 is 0 Å². The van der Waals surface area contributed by atoms with Crippen molar-refractivity contribution in [3.05, 3.63) is 11.8 Å². The molecule has 0 saturated heterocycles. The van der Waals surface area contributed by atoms with E-state index in [1.54, 1.807) is 0 Å². The average Bonchev–Trinajstić information content (AvgIpc) is 2.64. The molecule has 1 aromatic rings. The molecule has 1 rings (SSSR count). The molecule has 1 aromatic heterocycles. The molecule has 0 saturated carbocycles. The van der Waals surface area contributed by atoms with Gasteiger partial charge in [-0.05, 0) is 12.8 Å². The fourth-order valence-electron chi connectivity index (χ4n) is 0.945. The van der Waals surface area contributed by atoms with E-state index in [0.29, 0.717) is 17.7 Å². The lowest BCUT2D eigenvalue weighted by Gasteiger charge is -2.02. The minimum Gasteiger partial charge on any atom is -0.423 e. The Bertz CT molecular complexity index is 235. The molecule has 1 heterocycles. The molecule has 2 atom stereocenters. The highest BCUT2D eigenvalue weighted by Crippen LogP contribution is 2.19. The third kappa shape index (κ3) is 2.28. The number of rotatable bonds is 4. The van der Waals surface area contributed by atoms with Crippen LogP contribution in [-0.4, -0.2) is 10.2 Å². The van der Waals surface area contributed by atoms with E-state index >= 15 is 0 Å². The third-order valence-electron chi connectivity index (χ3n) is 2.25. The molecule has 0 radical (unpaired) electrons. The highest BCUT2D eigenvalue weighted by molar-refractivity contribution is 4.92. The first-order valence-electron chi connectivity index (χ1n) is 4.77. The van der Waals surface area contributed by atoms with Crippen LogP contribution in [0.15, 0.2) is 4.42 Å². The highest BCUT2D eigenvalue weighted by Gasteiger charge is 2.15. The number of nitrogens with two attached hydrogens (primary N) is 1. The van der Waals surface area contributed by atoms with E-state index in [1.807, 2.05) is 6.92 Å². The summed E-state index contributed by atoms with van der Waals surface area (Å²) >= 11 is 0. The number of nitrogens with zero attached hydrogens (tertiary/aromatic N) is 2. The van der Waals surface area contributed by atoms with Gasteiger partial charge in [0.1, 0.15) is 0 Å². The molecule has 0 fully saturated rings. The van der Waals surface area contributed by atoms with Crippen molar-refractivity contribution in [1.82, 2.24) is 10.2 Å². The lowest BCUT2D eigenvalue weighted by Crippen LogP contribution is -2.08. The Balaban J connectivity index is 2.74. The molecule has 4 heteroatoms. The Morgan fingerprint density at radius 3 is 2.38 bits per heavy atom. The fourth-order valence-corrected chi connectivity index (χ4v) is 0.945. The minimum absolute atomic E-state index is 0.120. The zero-order valence-electron chi connectivity index (χ0n) is 8.45. The predicted molar refractivity (Wildman–Crippen MR) is 50.2 cm³/mol. The number of hydrogen-bond donors (Lipinski definition) is 1. The maximum atomic E-state index is 5.75. The van der Waals surface area contributed by atoms with Gasteiger partial charge >= 0.3 is 0 Å². The van der Waals surface area contributed by atoms with Crippen LogP contribution in [0.4, 0.5) is 0 Å². The SMILES string of the molecule is CCC(C)c1nnc(C(N)CC)o1. The molecule has 2 unspecified atom stereocenters. The second kappa shape index (κ2) is 4.37. The van der Waals surface area contributed by atoms with Gasteiger partial charge in [0, 0.05) is 5.92 Å². The second-order valence-electron chi connectivity index (χ2n) is 3.30. The summed E-state index contributed by atoms with van der Waals surface area (Å²) in [6.45, 7) is 6.15. The van der Waals surface area contributed by atoms with Crippen LogP contribution < -0.4 is 5.73 Å². The van der Waals surface area contributed by atoms with E-state index in [-0.39, 0.29) is 6.04 Å². The van der Waals surface area contributed by atoms with Gasteiger partial charge in [-0.2, -0.15) is 0 Å². The zero-order valence-corrected chi connectivity index (χ0v) is 8.45. The monoisotopic (exact) mass is 183 g/mol. The number of aromatic nitrogens is 2. The van der Waals surface area contributed by atoms with Crippen LogP contribution in [0.3, 0.4) is 0 Å². The molecular formula is C9H17N3O. The van der Waals surface area contributed by atoms with E-state index in [2.05, 4.69) is 24.0 Å². The standard InChI is InChI=1S/C9H17N3O/c1-4-6(3)8-11-12-9(13-8)7(10)5-2/h6-7H,4-5,10H2,1-3H3. The van der Waals surface area contributed by atoms with Crippen molar-refractivity contribution < 1.29 is 4.42 Å². The quantitative estimate of drug-likeness (QED) is 0.775. The highest BCUT2D eigenvalue weighted by atomic mass is 16.4. The molecule has 0 aliphatic carbocycles. The third-order valence-corrected chi connectivity index (χ3v) is 2.25. The summed E-state index contributed by atoms with van der Waals surface area (Å²) in [6.07, 6.45) is 1.82. The molecule has 0 spiro atoms. The van der Waals surface area contributed by atoms with Gasteiger partial charge in [-0.15, -0.1) is 10.2 Å². The fraction of sp³-hybridized carbons (Fsp3) is 0.778. The first-order chi connectivity index (χ1) is 6.19. The summed E-state index contributed by atoms with van der Waals surface area (Å²) in [5.74, 6) is 1.57. The van der Waals surface area contributed by atoms with Crippen LogP contribution in [0.25, 0.3) is 0 Å². The largest absolute Gasteiger partial charge is 0.423 e. The van der Waals surface area contributed by atoms with Gasteiger partial charge < -0.3 is 10.2 Å². The lowest BCUT2D eigenvalue weighted by atomic mass is 10.1. The van der Waals surface area contributed by atoms with Crippen molar-refractivity contribution in [2.75, 3.05) is 0 Å². The Hall–Kier alpha value is -0.900. The zero-order chi connectivity index (χ0) is 9.84. The Labute approximate surface area is 78.5 Å². The van der Waals surface area contributed by atoms with Gasteiger partial charge in [-0.25, -0.2) is 0 Å². The topological polar surface area (TPSA) is 64.9 Å². The molecule has 0 aliphatic rings. The van der Waals surface area contributed by atoms with Crippen molar-refractivity contribution in [3.8, 4) is 0 Å². The molecule has 0 bridgehead atoms. The molecule has 74 valence electrons. The molecular weight excluding hydrogens is 166 g/mol. The summed E-state index contributed by atoms with van der Waals surface area (Å²) in [5.41, 5.74) is 5.75. The van der Waals surface area contributed by atoms with Gasteiger partial charge in [-0.3, -0.25) is 0 Å². The molecule has 0 amide bonds. The maximum absolute atomic E-state index is 5.75. The van der Waals surface area contributed by atoms with Crippen LogP contribution in [0.1, 0.15) is 57.4 Å². The van der Waals surface area contributed by atoms with E-state index in [1.165, 1.54) is 0 Å². The number of hydrogen-bond acceptors (Lipinski definition) is 4. The first-order valence-corrected chi connectivity index (χ1v) is 4.77. The van der Waals surface area contributed by atoms with Crippen molar-refractivity contribution in [2.45, 2.75) is 45.6 Å². The summed E-state index contributed by atoms with van der Waals surface area (Å²) in [5, 5.41) is 7.87. The smallest absolute Gasteiger partial charge is 0.233 e. The van der Waals surface area contributed by atoms with Crippen LogP contribution >= 0.6 is 0 Å². The van der Waals surface area contributed by atoms with Crippen LogP contribution in [0.2, 0.25) is 0 Å². The van der Waals surface area contributed by atoms with E-state index in [0.717, 1.165) is 12.8 Å². The molecule has 0 aromatic carbocycles. The summed E-state index contributed by atoms with van der Waals surface area (Å²) < 4.78 is 5.44. The lowest BCUT2D eigenvalue weighted by molar-refractivity contribution is 0.392. The van der Waals surface area contributed by atoms with Crippen molar-refractivity contribution in [1.29, 1.82) is 0 Å². The molecule has 4 nitrogen and oxygen atoms in total. The predicted octanol–water partition coefficient (Wildman–Crippen LogP) is 1.99. The van der Waals surface area contributed by atoms with Gasteiger partial charge in [0.15, 0.2) is 0 Å². The van der Waals surface area contributed by atoms with Crippen molar-refractivity contribution in [2.24, 2.45) is 5.73 Å². The molecule has 13 heavy (non-hydrogen) atoms. The van der Waals surface area contributed by atoms with Crippen LogP contribution in [0, 0.1) is 0 Å². The van der Waals surface area contributed by atoms with Crippen molar-refractivity contribution in [3.63, 3.8) is 0 Å². The average molecular weight is 183 g/mol. The summed E-state index contributed by atoms with van der Waals surface area (Å²) in [4.78, 5) is 0. The van der Waals surface area contributed by atoms with E-state index in [9.17, 15) is 0 Å². The second-order valence-corrected chi connectivity index (χ2v) is 3.30. The normalized spacial score (nSPS) is 15.7. The Morgan fingerprint density at radius 1 is 1.23 bits per heavy atom. The summed E-state index contributed by atoms with van der Waals surface area (Å²) in [7, 11) is 0. The Kier molecular flexibility index (Phi) is 3.42. The minimum atomic E-state index is -0.120. The maximum Gasteiger partial charge on any atom is 0.233 e. The van der Waals surface area contributed by atoms with Crippen LogP contribution in [-0.2, 0) is 0 Å². The first kappa shape index (κ1) is 10.2. The van der Waals surface area contributed by atoms with Gasteiger partial charge in [0.2, 0.25) is 11.8 Å². The van der Waals surface area contributed by atoms with Gasteiger partial charge in [-0.1, -0.05) is 20.8 Å². The van der Waals surface area contributed by atoms with E-state index < -0.39 is 0 Å². The summed E-state index contributed by atoms with van der Waals surface area (Å²) in [6, 6.07) is -0.120. The van der Waals surface area contributed by atoms with Gasteiger partial charge in [0.05, 0.1) is 6.04 Å². The van der Waals surface area contributed by atoms with Crippen LogP contribution in [0.5, 0.6) is 0 Å².